The quantitative estimate of drug-likeness (QED) is 0.363. The fourth-order valence-electron chi connectivity index (χ4n) is 2.54. The summed E-state index contributed by atoms with van der Waals surface area (Å²) in [5.74, 6) is 0.487. The molecule has 0 fully saturated rings. The predicted molar refractivity (Wildman–Crippen MR) is 125 cm³/mol. The minimum absolute atomic E-state index is 0.209. The van der Waals surface area contributed by atoms with Gasteiger partial charge >= 0.3 is 0 Å². The van der Waals surface area contributed by atoms with E-state index in [1.807, 2.05) is 36.4 Å². The lowest BCUT2D eigenvalue weighted by atomic mass is 10.2. The number of benzene rings is 3. The van der Waals surface area contributed by atoms with E-state index in [0.29, 0.717) is 39.0 Å². The fourth-order valence-corrected chi connectivity index (χ4v) is 3.33. The van der Waals surface area contributed by atoms with Crippen LogP contribution in [0.5, 0.6) is 5.75 Å². The van der Waals surface area contributed by atoms with E-state index in [0.717, 1.165) is 16.7 Å². The van der Waals surface area contributed by atoms with Crippen LogP contribution in [-0.2, 0) is 17.9 Å². The molecule has 3 aromatic rings. The van der Waals surface area contributed by atoms with Crippen LogP contribution >= 0.6 is 46.4 Å². The Balaban J connectivity index is 1.49. The van der Waals surface area contributed by atoms with Gasteiger partial charge in [0.1, 0.15) is 12.4 Å². The highest BCUT2D eigenvalue weighted by Crippen LogP contribution is 2.24. The summed E-state index contributed by atoms with van der Waals surface area (Å²) in [4.78, 5) is 12.0. The SMILES string of the molecule is O=C(C=Cc1ccc(OCc2ccc(Cl)cc2Cl)cc1)NCc1ccc(Cl)c(Cl)c1. The third-order valence-corrected chi connectivity index (χ3v) is 5.49. The molecule has 0 atom stereocenters. The lowest BCUT2D eigenvalue weighted by molar-refractivity contribution is -0.116. The zero-order chi connectivity index (χ0) is 21.5. The lowest BCUT2D eigenvalue weighted by Crippen LogP contribution is -2.20. The topological polar surface area (TPSA) is 38.3 Å². The molecule has 0 unspecified atom stereocenters. The Morgan fingerprint density at radius 2 is 1.63 bits per heavy atom. The van der Waals surface area contributed by atoms with Gasteiger partial charge in [-0.2, -0.15) is 0 Å². The lowest BCUT2D eigenvalue weighted by Gasteiger charge is -2.08. The molecule has 0 radical (unpaired) electrons. The third-order valence-electron chi connectivity index (χ3n) is 4.17. The zero-order valence-electron chi connectivity index (χ0n) is 15.7. The molecule has 0 aliphatic carbocycles. The van der Waals surface area contributed by atoms with Crippen LogP contribution in [0.15, 0.2) is 66.7 Å². The molecule has 0 heterocycles. The highest BCUT2D eigenvalue weighted by atomic mass is 35.5. The minimum Gasteiger partial charge on any atom is -0.489 e. The summed E-state index contributed by atoms with van der Waals surface area (Å²) in [6.07, 6.45) is 3.20. The minimum atomic E-state index is -0.209. The van der Waals surface area contributed by atoms with Crippen molar-refractivity contribution in [3.05, 3.63) is 104 Å². The van der Waals surface area contributed by atoms with Gasteiger partial charge in [0, 0.05) is 28.2 Å². The van der Waals surface area contributed by atoms with Crippen LogP contribution in [0.1, 0.15) is 16.7 Å². The van der Waals surface area contributed by atoms with E-state index in [2.05, 4.69) is 5.32 Å². The second-order valence-corrected chi connectivity index (χ2v) is 8.05. The monoisotopic (exact) mass is 479 g/mol. The Labute approximate surface area is 195 Å². The molecule has 0 saturated carbocycles. The first-order valence-corrected chi connectivity index (χ1v) is 10.5. The van der Waals surface area contributed by atoms with Crippen LogP contribution < -0.4 is 10.1 Å². The summed E-state index contributed by atoms with van der Waals surface area (Å²) in [7, 11) is 0. The number of ether oxygens (including phenoxy) is 1. The van der Waals surface area contributed by atoms with E-state index in [1.54, 1.807) is 30.3 Å². The molecule has 30 heavy (non-hydrogen) atoms. The van der Waals surface area contributed by atoms with E-state index in [1.165, 1.54) is 6.08 Å². The van der Waals surface area contributed by atoms with Crippen molar-refractivity contribution in [2.45, 2.75) is 13.2 Å². The Bertz CT molecular complexity index is 1070. The molecule has 1 N–H and O–H groups in total. The van der Waals surface area contributed by atoms with Crippen LogP contribution in [0.25, 0.3) is 6.08 Å². The van der Waals surface area contributed by atoms with Crippen LogP contribution in [0.3, 0.4) is 0 Å². The van der Waals surface area contributed by atoms with E-state index < -0.39 is 0 Å². The van der Waals surface area contributed by atoms with Gasteiger partial charge in [-0.3, -0.25) is 4.79 Å². The Hall–Kier alpha value is -2.17. The van der Waals surface area contributed by atoms with Gasteiger partial charge in [0.2, 0.25) is 5.91 Å². The maximum atomic E-state index is 12.0. The molecule has 3 nitrogen and oxygen atoms in total. The van der Waals surface area contributed by atoms with Crippen molar-refractivity contribution in [3.63, 3.8) is 0 Å². The van der Waals surface area contributed by atoms with Gasteiger partial charge in [-0.05, 0) is 53.6 Å². The van der Waals surface area contributed by atoms with E-state index in [4.69, 9.17) is 51.1 Å². The van der Waals surface area contributed by atoms with Gasteiger partial charge < -0.3 is 10.1 Å². The summed E-state index contributed by atoms with van der Waals surface area (Å²) in [6, 6.07) is 17.9. The van der Waals surface area contributed by atoms with Crippen molar-refractivity contribution in [3.8, 4) is 5.75 Å². The molecule has 3 rings (SSSR count). The smallest absolute Gasteiger partial charge is 0.244 e. The number of rotatable bonds is 7. The molecule has 0 aromatic heterocycles. The van der Waals surface area contributed by atoms with Gasteiger partial charge in [-0.15, -0.1) is 0 Å². The van der Waals surface area contributed by atoms with Crippen molar-refractivity contribution in [2.75, 3.05) is 0 Å². The molecule has 7 heteroatoms. The van der Waals surface area contributed by atoms with Gasteiger partial charge in [0.15, 0.2) is 0 Å². The van der Waals surface area contributed by atoms with Gasteiger partial charge in [0.05, 0.1) is 10.0 Å². The second-order valence-electron chi connectivity index (χ2n) is 6.39. The average Bonchev–Trinajstić information content (AvgIpc) is 2.73. The first kappa shape index (κ1) is 22.5. The van der Waals surface area contributed by atoms with E-state index in [9.17, 15) is 4.79 Å². The van der Waals surface area contributed by atoms with Gasteiger partial charge in [-0.1, -0.05) is 70.7 Å². The third kappa shape index (κ3) is 6.68. The molecule has 0 bridgehead atoms. The van der Waals surface area contributed by atoms with E-state index in [-0.39, 0.29) is 5.91 Å². The molecular weight excluding hydrogens is 464 g/mol. The maximum Gasteiger partial charge on any atom is 0.244 e. The number of hydrogen-bond acceptors (Lipinski definition) is 2. The van der Waals surface area contributed by atoms with Crippen LogP contribution in [0, 0.1) is 0 Å². The number of carbonyl (C=O) groups is 1. The van der Waals surface area contributed by atoms with E-state index >= 15 is 0 Å². The van der Waals surface area contributed by atoms with Crippen LogP contribution in [-0.4, -0.2) is 5.91 Å². The van der Waals surface area contributed by atoms with Crippen molar-refractivity contribution in [2.24, 2.45) is 0 Å². The molecule has 154 valence electrons. The maximum absolute atomic E-state index is 12.0. The van der Waals surface area contributed by atoms with Crippen molar-refractivity contribution >= 4 is 58.4 Å². The van der Waals surface area contributed by atoms with Crippen LogP contribution in [0.4, 0.5) is 0 Å². The Morgan fingerprint density at radius 1 is 0.867 bits per heavy atom. The predicted octanol–water partition coefficient (Wildman–Crippen LogP) is 7.21. The van der Waals surface area contributed by atoms with Crippen molar-refractivity contribution < 1.29 is 9.53 Å². The highest BCUT2D eigenvalue weighted by molar-refractivity contribution is 6.42. The number of hydrogen-bond donors (Lipinski definition) is 1. The average molecular weight is 481 g/mol. The first-order chi connectivity index (χ1) is 14.4. The number of halogens is 4. The first-order valence-electron chi connectivity index (χ1n) is 8.97. The molecule has 0 aliphatic rings. The number of nitrogens with one attached hydrogen (secondary N) is 1. The standard InChI is InChI=1S/C23H17Cl4NO2/c24-18-6-5-17(21(26)12-18)14-30-19-7-1-15(2-8-19)4-10-23(29)28-13-16-3-9-20(25)22(27)11-16/h1-12H,13-14H2,(H,28,29). The number of carbonyl (C=O) groups excluding carboxylic acids is 1. The fraction of sp³-hybridized carbons (Fsp3) is 0.0870. The van der Waals surface area contributed by atoms with Crippen LogP contribution in [0.2, 0.25) is 20.1 Å². The molecular formula is C23H17Cl4NO2. The van der Waals surface area contributed by atoms with Gasteiger partial charge in [0.25, 0.3) is 0 Å². The molecule has 0 spiro atoms. The molecule has 0 aliphatic heterocycles. The summed E-state index contributed by atoms with van der Waals surface area (Å²) in [6.45, 7) is 0.697. The van der Waals surface area contributed by atoms with Crippen molar-refractivity contribution in [1.82, 2.24) is 5.32 Å². The Kier molecular flexibility index (Phi) is 8.06. The molecule has 0 saturated heterocycles. The number of amides is 1. The summed E-state index contributed by atoms with van der Waals surface area (Å²) >= 11 is 23.9. The highest BCUT2D eigenvalue weighted by Gasteiger charge is 2.03. The Morgan fingerprint density at radius 3 is 2.33 bits per heavy atom. The molecule has 3 aromatic carbocycles. The summed E-state index contributed by atoms with van der Waals surface area (Å²) in [5.41, 5.74) is 2.59. The summed E-state index contributed by atoms with van der Waals surface area (Å²) in [5, 5.41) is 4.89. The zero-order valence-corrected chi connectivity index (χ0v) is 18.7. The van der Waals surface area contributed by atoms with Gasteiger partial charge in [-0.25, -0.2) is 0 Å². The normalized spacial score (nSPS) is 10.9. The van der Waals surface area contributed by atoms with Crippen molar-refractivity contribution in [1.29, 1.82) is 0 Å². The largest absolute Gasteiger partial charge is 0.489 e. The molecule has 1 amide bonds. The summed E-state index contributed by atoms with van der Waals surface area (Å²) < 4.78 is 5.75. The second kappa shape index (κ2) is 10.7.